The fraction of sp³-hybridized carbons (Fsp3) is 0.308. The average Bonchev–Trinajstić information content (AvgIpc) is 3.07. The van der Waals surface area contributed by atoms with Crippen LogP contribution in [-0.2, 0) is 13.5 Å². The van der Waals surface area contributed by atoms with Crippen molar-refractivity contribution in [1.29, 1.82) is 0 Å². The topological polar surface area (TPSA) is 86.1 Å². The second-order valence-electron chi connectivity index (χ2n) is 4.72. The Morgan fingerprint density at radius 3 is 2.95 bits per heavy atom. The van der Waals surface area contributed by atoms with Crippen LogP contribution in [0.25, 0.3) is 5.52 Å². The highest BCUT2D eigenvalue weighted by molar-refractivity contribution is 5.53. The van der Waals surface area contributed by atoms with E-state index in [1.54, 1.807) is 23.1 Å². The van der Waals surface area contributed by atoms with Crippen LogP contribution in [0.2, 0.25) is 0 Å². The van der Waals surface area contributed by atoms with Crippen molar-refractivity contribution in [2.75, 3.05) is 0 Å². The zero-order valence-electron chi connectivity index (χ0n) is 11.3. The molecular weight excluding hydrogens is 254 g/mol. The molecule has 0 fully saturated rings. The third kappa shape index (κ3) is 2.28. The van der Waals surface area contributed by atoms with Crippen molar-refractivity contribution in [3.8, 4) is 0 Å². The fourth-order valence-electron chi connectivity index (χ4n) is 2.36. The smallest absolute Gasteiger partial charge is 0.108 e. The maximum Gasteiger partial charge on any atom is 0.108 e. The summed E-state index contributed by atoms with van der Waals surface area (Å²) in [5, 5.41) is 4.31. The van der Waals surface area contributed by atoms with Gasteiger partial charge in [-0.25, -0.2) is 9.50 Å². The minimum Gasteiger partial charge on any atom is -0.338 e. The highest BCUT2D eigenvalue weighted by atomic mass is 15.3. The van der Waals surface area contributed by atoms with Crippen LogP contribution in [0.5, 0.6) is 0 Å². The largest absolute Gasteiger partial charge is 0.338 e. The summed E-state index contributed by atoms with van der Waals surface area (Å²) in [7, 11) is 1.99. The summed E-state index contributed by atoms with van der Waals surface area (Å²) in [5.74, 6) is 6.74. The van der Waals surface area contributed by atoms with Crippen molar-refractivity contribution < 1.29 is 0 Å². The number of aromatic nitrogens is 5. The lowest BCUT2D eigenvalue weighted by Crippen LogP contribution is -2.28. The van der Waals surface area contributed by atoms with Gasteiger partial charge in [0, 0.05) is 43.8 Å². The Bertz CT molecular complexity index is 699. The van der Waals surface area contributed by atoms with E-state index in [1.165, 1.54) is 0 Å². The van der Waals surface area contributed by atoms with E-state index in [9.17, 15) is 0 Å². The van der Waals surface area contributed by atoms with Gasteiger partial charge in [-0.1, -0.05) is 0 Å². The average molecular weight is 271 g/mol. The number of fused-ring (bicyclic) bond motifs is 1. The minimum absolute atomic E-state index is 0.0217. The van der Waals surface area contributed by atoms with Gasteiger partial charge in [0.05, 0.1) is 24.0 Å². The van der Waals surface area contributed by atoms with Crippen molar-refractivity contribution in [2.45, 2.75) is 18.9 Å². The molecule has 0 bridgehead atoms. The standard InChI is InChI=1S/C13H17N7/c1-19-6-5-16-13(19)3-2-11(18-14)10-8-17-20-7-4-15-9-12(10)20/h4-9,11,18H,2-3,14H2,1H3. The maximum atomic E-state index is 5.70. The van der Waals surface area contributed by atoms with Crippen LogP contribution in [0.15, 0.2) is 37.2 Å². The van der Waals surface area contributed by atoms with E-state index in [1.807, 2.05) is 30.2 Å². The molecule has 0 saturated heterocycles. The number of hydrogen-bond acceptors (Lipinski definition) is 5. The number of aryl methyl sites for hydroxylation is 2. The Balaban J connectivity index is 1.81. The SMILES string of the molecule is Cn1ccnc1CCC(NN)c1cnn2ccncc12. The molecule has 3 aromatic rings. The number of rotatable bonds is 5. The van der Waals surface area contributed by atoms with Crippen LogP contribution < -0.4 is 11.3 Å². The van der Waals surface area contributed by atoms with Crippen molar-refractivity contribution >= 4 is 5.52 Å². The molecule has 0 radical (unpaired) electrons. The predicted molar refractivity (Wildman–Crippen MR) is 74.6 cm³/mol. The Hall–Kier alpha value is -2.25. The number of nitrogens with zero attached hydrogens (tertiary/aromatic N) is 5. The van der Waals surface area contributed by atoms with Gasteiger partial charge in [0.25, 0.3) is 0 Å². The molecule has 0 aliphatic rings. The van der Waals surface area contributed by atoms with Crippen LogP contribution in [0, 0.1) is 0 Å². The molecule has 3 N–H and O–H groups in total. The first-order chi connectivity index (χ1) is 9.79. The van der Waals surface area contributed by atoms with Gasteiger partial charge in [0.15, 0.2) is 0 Å². The van der Waals surface area contributed by atoms with Gasteiger partial charge in [0.1, 0.15) is 5.82 Å². The van der Waals surface area contributed by atoms with Crippen LogP contribution in [0.4, 0.5) is 0 Å². The number of hydrogen-bond donors (Lipinski definition) is 2. The number of nitrogens with one attached hydrogen (secondary N) is 1. The molecule has 0 aliphatic heterocycles. The third-order valence-electron chi connectivity index (χ3n) is 3.51. The summed E-state index contributed by atoms with van der Waals surface area (Å²) in [6.07, 6.45) is 12.6. The number of imidazole rings is 1. The minimum atomic E-state index is 0.0217. The van der Waals surface area contributed by atoms with E-state index >= 15 is 0 Å². The molecule has 0 aromatic carbocycles. The van der Waals surface area contributed by atoms with E-state index < -0.39 is 0 Å². The molecule has 3 rings (SSSR count). The van der Waals surface area contributed by atoms with E-state index in [0.29, 0.717) is 0 Å². The number of hydrazine groups is 1. The zero-order valence-corrected chi connectivity index (χ0v) is 11.3. The molecule has 20 heavy (non-hydrogen) atoms. The van der Waals surface area contributed by atoms with E-state index in [4.69, 9.17) is 5.84 Å². The Morgan fingerprint density at radius 2 is 2.20 bits per heavy atom. The fourth-order valence-corrected chi connectivity index (χ4v) is 2.36. The molecule has 0 aliphatic carbocycles. The molecule has 0 saturated carbocycles. The van der Waals surface area contributed by atoms with Crippen molar-refractivity contribution in [2.24, 2.45) is 12.9 Å². The van der Waals surface area contributed by atoms with Crippen LogP contribution in [0.3, 0.4) is 0 Å². The van der Waals surface area contributed by atoms with Gasteiger partial charge in [0.2, 0.25) is 0 Å². The highest BCUT2D eigenvalue weighted by Gasteiger charge is 2.16. The van der Waals surface area contributed by atoms with Gasteiger partial charge >= 0.3 is 0 Å². The zero-order chi connectivity index (χ0) is 13.9. The van der Waals surface area contributed by atoms with E-state index in [0.717, 1.165) is 29.7 Å². The molecule has 3 heterocycles. The molecule has 0 spiro atoms. The first kappa shape index (κ1) is 12.8. The lowest BCUT2D eigenvalue weighted by molar-refractivity contribution is 0.509. The molecule has 7 heteroatoms. The van der Waals surface area contributed by atoms with E-state index in [-0.39, 0.29) is 6.04 Å². The first-order valence-electron chi connectivity index (χ1n) is 6.49. The maximum absolute atomic E-state index is 5.70. The van der Waals surface area contributed by atoms with E-state index in [2.05, 4.69) is 20.5 Å². The summed E-state index contributed by atoms with van der Waals surface area (Å²) in [6, 6.07) is 0.0217. The summed E-state index contributed by atoms with van der Waals surface area (Å²) < 4.78 is 3.82. The van der Waals surface area contributed by atoms with Crippen molar-refractivity contribution in [1.82, 2.24) is 29.6 Å². The lowest BCUT2D eigenvalue weighted by atomic mass is 10.0. The lowest BCUT2D eigenvalue weighted by Gasteiger charge is -2.14. The van der Waals surface area contributed by atoms with Gasteiger partial charge < -0.3 is 4.57 Å². The van der Waals surface area contributed by atoms with Crippen molar-refractivity contribution in [3.63, 3.8) is 0 Å². The summed E-state index contributed by atoms with van der Waals surface area (Å²) in [4.78, 5) is 8.47. The van der Waals surface area contributed by atoms with Gasteiger partial charge in [-0.2, -0.15) is 5.10 Å². The third-order valence-corrected chi connectivity index (χ3v) is 3.51. The predicted octanol–water partition coefficient (Wildman–Crippen LogP) is 0.600. The summed E-state index contributed by atoms with van der Waals surface area (Å²) >= 11 is 0. The first-order valence-corrected chi connectivity index (χ1v) is 6.49. The van der Waals surface area contributed by atoms with Crippen LogP contribution in [0.1, 0.15) is 23.9 Å². The quantitative estimate of drug-likeness (QED) is 0.524. The number of nitrogens with two attached hydrogens (primary N) is 1. The molecule has 3 aromatic heterocycles. The Labute approximate surface area is 116 Å². The molecule has 0 amide bonds. The molecule has 7 nitrogen and oxygen atoms in total. The summed E-state index contributed by atoms with van der Waals surface area (Å²) in [6.45, 7) is 0. The summed E-state index contributed by atoms with van der Waals surface area (Å²) in [5.41, 5.74) is 4.88. The van der Waals surface area contributed by atoms with Crippen LogP contribution in [-0.4, -0.2) is 24.1 Å². The van der Waals surface area contributed by atoms with Gasteiger partial charge in [-0.05, 0) is 6.42 Å². The molecule has 1 unspecified atom stereocenters. The van der Waals surface area contributed by atoms with Crippen molar-refractivity contribution in [3.05, 3.63) is 48.6 Å². The monoisotopic (exact) mass is 271 g/mol. The van der Waals surface area contributed by atoms with Gasteiger partial charge in [-0.15, -0.1) is 0 Å². The second-order valence-corrected chi connectivity index (χ2v) is 4.72. The van der Waals surface area contributed by atoms with Gasteiger partial charge in [-0.3, -0.25) is 16.3 Å². The molecule has 104 valence electrons. The Kier molecular flexibility index (Phi) is 3.44. The highest BCUT2D eigenvalue weighted by Crippen LogP contribution is 2.22. The van der Waals surface area contributed by atoms with Crippen LogP contribution >= 0.6 is 0 Å². The molecular formula is C13H17N7. The molecule has 1 atom stereocenters. The second kappa shape index (κ2) is 5.40. The normalized spacial score (nSPS) is 12.9. The Morgan fingerprint density at radius 1 is 1.30 bits per heavy atom.